The van der Waals surface area contributed by atoms with E-state index in [1.807, 2.05) is 4.90 Å². The molecule has 1 aromatic carbocycles. The lowest BCUT2D eigenvalue weighted by molar-refractivity contribution is 0.0497. The average molecular weight is 400 g/mol. The van der Waals surface area contributed by atoms with Gasteiger partial charge in [-0.3, -0.25) is 9.69 Å². The van der Waals surface area contributed by atoms with E-state index in [-0.39, 0.29) is 5.91 Å². The van der Waals surface area contributed by atoms with Crippen LogP contribution >= 0.6 is 11.6 Å². The summed E-state index contributed by atoms with van der Waals surface area (Å²) in [5.74, 6) is 0.992. The zero-order chi connectivity index (χ0) is 19.8. The van der Waals surface area contributed by atoms with Gasteiger partial charge >= 0.3 is 0 Å². The molecular formula is C22H26ClN3O2. The van der Waals surface area contributed by atoms with Crippen molar-refractivity contribution in [3.63, 3.8) is 0 Å². The van der Waals surface area contributed by atoms with Gasteiger partial charge in [0.15, 0.2) is 0 Å². The van der Waals surface area contributed by atoms with Crippen molar-refractivity contribution in [1.29, 1.82) is 0 Å². The second-order valence-electron chi connectivity index (χ2n) is 7.71. The molecule has 2 unspecified atom stereocenters. The molecule has 0 saturated carbocycles. The van der Waals surface area contributed by atoms with Crippen molar-refractivity contribution in [2.24, 2.45) is 0 Å². The number of aromatic nitrogens is 1. The molecule has 1 amide bonds. The minimum Gasteiger partial charge on any atom is -0.496 e. The van der Waals surface area contributed by atoms with Crippen molar-refractivity contribution in [3.8, 4) is 5.75 Å². The number of amides is 1. The van der Waals surface area contributed by atoms with Gasteiger partial charge in [-0.1, -0.05) is 17.7 Å². The molecule has 6 heteroatoms. The van der Waals surface area contributed by atoms with Gasteiger partial charge in [0.25, 0.3) is 5.91 Å². The molecule has 5 nitrogen and oxygen atoms in total. The van der Waals surface area contributed by atoms with E-state index < -0.39 is 0 Å². The first-order chi connectivity index (χ1) is 13.5. The van der Waals surface area contributed by atoms with Crippen LogP contribution in [-0.4, -0.2) is 53.5 Å². The van der Waals surface area contributed by atoms with E-state index in [1.165, 1.54) is 16.7 Å². The van der Waals surface area contributed by atoms with Crippen molar-refractivity contribution >= 4 is 17.5 Å². The van der Waals surface area contributed by atoms with Crippen LogP contribution in [0.3, 0.4) is 0 Å². The molecule has 0 N–H and O–H groups in total. The quantitative estimate of drug-likeness (QED) is 0.731. The van der Waals surface area contributed by atoms with Gasteiger partial charge in [0.2, 0.25) is 0 Å². The number of hydrogen-bond acceptors (Lipinski definition) is 4. The summed E-state index contributed by atoms with van der Waals surface area (Å²) in [6.45, 7) is 6.72. The van der Waals surface area contributed by atoms with Crippen molar-refractivity contribution in [1.82, 2.24) is 14.8 Å². The topological polar surface area (TPSA) is 45.7 Å². The summed E-state index contributed by atoms with van der Waals surface area (Å²) in [5.41, 5.74) is 4.53. The molecule has 0 aliphatic carbocycles. The van der Waals surface area contributed by atoms with Crippen LogP contribution in [0.2, 0.25) is 5.15 Å². The number of halogens is 1. The highest BCUT2D eigenvalue weighted by atomic mass is 35.5. The maximum atomic E-state index is 12.8. The van der Waals surface area contributed by atoms with Gasteiger partial charge in [0.1, 0.15) is 10.9 Å². The Bertz CT molecular complexity index is 884. The van der Waals surface area contributed by atoms with E-state index in [1.54, 1.807) is 25.4 Å². The number of hydrogen-bond donors (Lipinski definition) is 0. The fourth-order valence-electron chi connectivity index (χ4n) is 4.66. The maximum absolute atomic E-state index is 12.8. The molecule has 28 heavy (non-hydrogen) atoms. The molecule has 2 saturated heterocycles. The van der Waals surface area contributed by atoms with Crippen LogP contribution in [-0.2, 0) is 0 Å². The smallest absolute Gasteiger partial charge is 0.255 e. The van der Waals surface area contributed by atoms with Gasteiger partial charge in [-0.2, -0.15) is 0 Å². The summed E-state index contributed by atoms with van der Waals surface area (Å²) < 4.78 is 5.47. The SMILES string of the molecule is COc1ccc(C2CCC3CN(C(=O)c4ccc(Cl)nc4)CCN32)c(C)c1C. The minimum absolute atomic E-state index is 0.0451. The summed E-state index contributed by atoms with van der Waals surface area (Å²) in [6.07, 6.45) is 3.80. The third-order valence-electron chi connectivity index (χ3n) is 6.32. The molecule has 1 aromatic heterocycles. The molecular weight excluding hydrogens is 374 g/mol. The zero-order valence-corrected chi connectivity index (χ0v) is 17.4. The number of fused-ring (bicyclic) bond motifs is 1. The van der Waals surface area contributed by atoms with Gasteiger partial charge in [-0.05, 0) is 61.6 Å². The van der Waals surface area contributed by atoms with Crippen LogP contribution in [0.25, 0.3) is 0 Å². The molecule has 2 aromatic rings. The number of benzene rings is 1. The highest BCUT2D eigenvalue weighted by Crippen LogP contribution is 2.41. The van der Waals surface area contributed by atoms with Crippen molar-refractivity contribution in [2.45, 2.75) is 38.8 Å². The highest BCUT2D eigenvalue weighted by Gasteiger charge is 2.40. The number of nitrogens with zero attached hydrogens (tertiary/aromatic N) is 3. The van der Waals surface area contributed by atoms with E-state index in [2.05, 4.69) is 35.9 Å². The van der Waals surface area contributed by atoms with E-state index >= 15 is 0 Å². The number of carbonyl (C=O) groups excluding carboxylic acids is 1. The third kappa shape index (κ3) is 3.38. The summed E-state index contributed by atoms with van der Waals surface area (Å²) >= 11 is 5.84. The van der Waals surface area contributed by atoms with Crippen molar-refractivity contribution < 1.29 is 9.53 Å². The number of rotatable bonds is 3. The Balaban J connectivity index is 1.49. The summed E-state index contributed by atoms with van der Waals surface area (Å²) in [5, 5.41) is 0.408. The van der Waals surface area contributed by atoms with Crippen LogP contribution in [0, 0.1) is 13.8 Å². The van der Waals surface area contributed by atoms with Crippen LogP contribution < -0.4 is 4.74 Å². The van der Waals surface area contributed by atoms with E-state index in [4.69, 9.17) is 16.3 Å². The monoisotopic (exact) mass is 399 g/mol. The fourth-order valence-corrected chi connectivity index (χ4v) is 4.77. The molecule has 2 aliphatic heterocycles. The molecule has 3 heterocycles. The normalized spacial score (nSPS) is 22.2. The molecule has 4 rings (SSSR count). The Hall–Kier alpha value is -2.11. The lowest BCUT2D eigenvalue weighted by atomic mass is 9.95. The van der Waals surface area contributed by atoms with E-state index in [9.17, 15) is 4.79 Å². The van der Waals surface area contributed by atoms with E-state index in [0.717, 1.165) is 38.2 Å². The first-order valence-corrected chi connectivity index (χ1v) is 10.2. The Kier molecular flexibility index (Phi) is 5.30. The summed E-state index contributed by atoms with van der Waals surface area (Å²) in [4.78, 5) is 21.4. The lowest BCUT2D eigenvalue weighted by Gasteiger charge is -2.40. The largest absolute Gasteiger partial charge is 0.496 e. The third-order valence-corrected chi connectivity index (χ3v) is 6.55. The molecule has 2 fully saturated rings. The van der Waals surface area contributed by atoms with Crippen molar-refractivity contribution in [3.05, 3.63) is 57.9 Å². The number of pyridine rings is 1. The minimum atomic E-state index is 0.0451. The number of carbonyl (C=O) groups is 1. The Morgan fingerprint density at radius 3 is 2.68 bits per heavy atom. The predicted octanol–water partition coefficient (Wildman–Crippen LogP) is 4.02. The highest BCUT2D eigenvalue weighted by molar-refractivity contribution is 6.29. The molecule has 2 aliphatic rings. The van der Waals surface area contributed by atoms with Gasteiger partial charge in [0.05, 0.1) is 12.7 Å². The maximum Gasteiger partial charge on any atom is 0.255 e. The van der Waals surface area contributed by atoms with Crippen LogP contribution in [0.5, 0.6) is 5.75 Å². The predicted molar refractivity (Wildman–Crippen MR) is 110 cm³/mol. The number of piperazine rings is 1. The van der Waals surface area contributed by atoms with Crippen LogP contribution in [0.4, 0.5) is 0 Å². The number of ether oxygens (including phenoxy) is 1. The standard InChI is InChI=1S/C22H26ClN3O2/c1-14-15(2)20(28-3)8-6-18(14)19-7-5-17-13-25(10-11-26(17)19)22(27)16-4-9-21(23)24-12-16/h4,6,8-9,12,17,19H,5,7,10-11,13H2,1-3H3. The Morgan fingerprint density at radius 1 is 1.14 bits per heavy atom. The Morgan fingerprint density at radius 2 is 1.96 bits per heavy atom. The Labute approximate surface area is 171 Å². The van der Waals surface area contributed by atoms with Gasteiger partial charge in [-0.25, -0.2) is 4.98 Å². The number of methoxy groups -OCH3 is 1. The fraction of sp³-hybridized carbons (Fsp3) is 0.455. The zero-order valence-electron chi connectivity index (χ0n) is 16.6. The van der Waals surface area contributed by atoms with Gasteiger partial charge in [-0.15, -0.1) is 0 Å². The molecule has 148 valence electrons. The van der Waals surface area contributed by atoms with Crippen LogP contribution in [0.1, 0.15) is 45.9 Å². The second kappa shape index (κ2) is 7.72. The molecule has 2 atom stereocenters. The van der Waals surface area contributed by atoms with Crippen LogP contribution in [0.15, 0.2) is 30.5 Å². The lowest BCUT2D eigenvalue weighted by Crippen LogP contribution is -2.52. The first kappa shape index (κ1) is 19.2. The molecule has 0 radical (unpaired) electrons. The first-order valence-electron chi connectivity index (χ1n) is 9.80. The molecule has 0 spiro atoms. The van der Waals surface area contributed by atoms with Gasteiger partial charge < -0.3 is 9.64 Å². The van der Waals surface area contributed by atoms with Crippen molar-refractivity contribution in [2.75, 3.05) is 26.7 Å². The second-order valence-corrected chi connectivity index (χ2v) is 8.10. The van der Waals surface area contributed by atoms with E-state index in [0.29, 0.717) is 22.8 Å². The average Bonchev–Trinajstić information content (AvgIpc) is 3.13. The summed E-state index contributed by atoms with van der Waals surface area (Å²) in [7, 11) is 1.72. The summed E-state index contributed by atoms with van der Waals surface area (Å²) in [6, 6.07) is 8.55. The van der Waals surface area contributed by atoms with Gasteiger partial charge in [0, 0.05) is 37.9 Å². The molecule has 0 bridgehead atoms.